The summed E-state index contributed by atoms with van der Waals surface area (Å²) < 4.78 is 169. The largest absolute Gasteiger partial charge is 0.460 e. The summed E-state index contributed by atoms with van der Waals surface area (Å²) >= 11 is 0.347. The van der Waals surface area contributed by atoms with Crippen molar-refractivity contribution in [2.75, 3.05) is 5.32 Å². The molecule has 1 N–H and O–H groups in total. The number of rotatable bonds is 6. The number of aromatic nitrogens is 1. The summed E-state index contributed by atoms with van der Waals surface area (Å²) in [6.07, 6.45) is -7.52. The van der Waals surface area contributed by atoms with Gasteiger partial charge in [-0.2, -0.15) is 57.1 Å². The van der Waals surface area contributed by atoms with Crippen LogP contribution in [0.1, 0.15) is 0 Å². The summed E-state index contributed by atoms with van der Waals surface area (Å²) in [7, 11) is 0. The summed E-state index contributed by atoms with van der Waals surface area (Å²) in [6.45, 7) is 0. The molecule has 2 rings (SSSR count). The number of hydrogen-bond acceptors (Lipinski definition) is 3. The van der Waals surface area contributed by atoms with E-state index in [0.717, 1.165) is 5.32 Å². The molecule has 1 heterocycles. The van der Waals surface area contributed by atoms with Crippen LogP contribution in [-0.4, -0.2) is 46.7 Å². The Morgan fingerprint density at radius 1 is 0.742 bits per heavy atom. The number of benzene rings is 1. The van der Waals surface area contributed by atoms with Crippen molar-refractivity contribution in [1.82, 2.24) is 4.98 Å². The Morgan fingerprint density at radius 3 is 1.71 bits per heavy atom. The van der Waals surface area contributed by atoms with E-state index in [-0.39, 0.29) is 10.2 Å². The van der Waals surface area contributed by atoms with E-state index in [1.165, 1.54) is 24.3 Å². The zero-order valence-corrected chi connectivity index (χ0v) is 14.8. The number of anilines is 1. The van der Waals surface area contributed by atoms with Crippen molar-refractivity contribution in [2.45, 2.75) is 35.8 Å². The van der Waals surface area contributed by atoms with E-state index >= 15 is 0 Å². The van der Waals surface area contributed by atoms with Gasteiger partial charge in [0.25, 0.3) is 0 Å². The maximum Gasteiger partial charge on any atom is 0.460 e. The van der Waals surface area contributed by atoms with Gasteiger partial charge in [0.15, 0.2) is 5.13 Å². The number of amides is 1. The zero-order valence-electron chi connectivity index (χ0n) is 14.0. The third-order valence-electron chi connectivity index (χ3n) is 3.73. The molecule has 17 heteroatoms. The minimum Gasteiger partial charge on any atom is -0.296 e. The second-order valence-corrected chi connectivity index (χ2v) is 6.84. The van der Waals surface area contributed by atoms with Gasteiger partial charge >= 0.3 is 41.7 Å². The van der Waals surface area contributed by atoms with Gasteiger partial charge in [-0.1, -0.05) is 23.5 Å². The molecule has 0 aliphatic heterocycles. The molecule has 0 saturated carbocycles. The summed E-state index contributed by atoms with van der Waals surface area (Å²) in [5.41, 5.74) is -0.000408. The van der Waals surface area contributed by atoms with E-state index in [1.807, 2.05) is 0 Å². The molecule has 0 unspecified atom stereocenters. The molecule has 1 amide bonds. The molecule has 0 aliphatic carbocycles. The average molecular weight is 496 g/mol. The zero-order chi connectivity index (χ0) is 24.3. The van der Waals surface area contributed by atoms with Crippen LogP contribution in [0.5, 0.6) is 0 Å². The molecule has 0 bridgehead atoms. The Labute approximate surface area is 165 Å². The van der Waals surface area contributed by atoms with Crippen molar-refractivity contribution in [3.05, 3.63) is 24.3 Å². The Hall–Kier alpha value is -2.33. The topological polar surface area (TPSA) is 42.0 Å². The van der Waals surface area contributed by atoms with Gasteiger partial charge < -0.3 is 0 Å². The molecular weight excluding hydrogens is 491 g/mol. The number of carbonyl (C=O) groups is 1. The van der Waals surface area contributed by atoms with Crippen LogP contribution in [0.4, 0.5) is 62.2 Å². The molecule has 0 atom stereocenters. The Kier molecular flexibility index (Phi) is 5.71. The van der Waals surface area contributed by atoms with Crippen LogP contribution in [0.2, 0.25) is 0 Å². The van der Waals surface area contributed by atoms with E-state index in [9.17, 15) is 61.9 Å². The highest BCUT2D eigenvalue weighted by Gasteiger charge is 2.91. The molecule has 174 valence electrons. The summed E-state index contributed by atoms with van der Waals surface area (Å²) in [4.78, 5) is 14.9. The number of nitrogens with zero attached hydrogens (tertiary/aromatic N) is 1. The number of alkyl halides is 13. The fourth-order valence-corrected chi connectivity index (χ4v) is 2.87. The molecule has 0 saturated heterocycles. The van der Waals surface area contributed by atoms with E-state index in [2.05, 4.69) is 4.98 Å². The van der Waals surface area contributed by atoms with E-state index in [1.54, 1.807) is 0 Å². The van der Waals surface area contributed by atoms with Crippen molar-refractivity contribution in [3.8, 4) is 0 Å². The Balaban J connectivity index is 2.43. The highest BCUT2D eigenvalue weighted by Crippen LogP contribution is 2.60. The second-order valence-electron chi connectivity index (χ2n) is 5.81. The minimum absolute atomic E-state index is 0.000408. The van der Waals surface area contributed by atoms with Crippen molar-refractivity contribution >= 4 is 32.6 Å². The summed E-state index contributed by atoms with van der Waals surface area (Å²) in [5.74, 6) is -41.9. The number of para-hydroxylation sites is 1. The maximum atomic E-state index is 13.7. The van der Waals surface area contributed by atoms with Gasteiger partial charge in [-0.15, -0.1) is 0 Å². The fourth-order valence-electron chi connectivity index (χ4n) is 2.01. The molecule has 1 aromatic carbocycles. The van der Waals surface area contributed by atoms with Crippen molar-refractivity contribution in [2.24, 2.45) is 0 Å². The lowest BCUT2D eigenvalue weighted by atomic mass is 9.93. The molecule has 0 aliphatic rings. The van der Waals surface area contributed by atoms with Crippen LogP contribution in [0.25, 0.3) is 10.2 Å². The van der Waals surface area contributed by atoms with Crippen molar-refractivity contribution < 1.29 is 61.9 Å². The first-order chi connectivity index (χ1) is 13.7. The number of halogens is 13. The molecular formula is C14H5F13N2OS. The monoisotopic (exact) mass is 496 g/mol. The van der Waals surface area contributed by atoms with Gasteiger partial charge in [-0.3, -0.25) is 10.1 Å². The van der Waals surface area contributed by atoms with Gasteiger partial charge in [-0.25, -0.2) is 4.98 Å². The van der Waals surface area contributed by atoms with Gasteiger partial charge in [0.05, 0.1) is 10.2 Å². The number of hydrogen-bond donors (Lipinski definition) is 1. The highest BCUT2D eigenvalue weighted by atomic mass is 32.1. The van der Waals surface area contributed by atoms with Crippen LogP contribution in [0.15, 0.2) is 24.3 Å². The van der Waals surface area contributed by atoms with Crippen molar-refractivity contribution in [3.63, 3.8) is 0 Å². The lowest BCUT2D eigenvalue weighted by Gasteiger charge is -2.39. The quantitative estimate of drug-likeness (QED) is 0.501. The van der Waals surface area contributed by atoms with Crippen LogP contribution in [0, 0.1) is 0 Å². The Bertz CT molecular complexity index is 949. The van der Waals surface area contributed by atoms with Crippen LogP contribution in [0.3, 0.4) is 0 Å². The first-order valence-corrected chi connectivity index (χ1v) is 8.16. The summed E-state index contributed by atoms with van der Waals surface area (Å²) in [5, 5.41) is 0.0156. The third kappa shape index (κ3) is 3.55. The molecule has 31 heavy (non-hydrogen) atoms. The van der Waals surface area contributed by atoms with Crippen LogP contribution in [-0.2, 0) is 4.79 Å². The van der Waals surface area contributed by atoms with E-state index < -0.39 is 46.8 Å². The lowest BCUT2D eigenvalue weighted by Crippen LogP contribution is -2.71. The molecule has 3 nitrogen and oxygen atoms in total. The third-order valence-corrected chi connectivity index (χ3v) is 4.68. The predicted molar refractivity (Wildman–Crippen MR) is 79.0 cm³/mol. The number of fused-ring (bicyclic) bond motifs is 1. The van der Waals surface area contributed by atoms with Crippen molar-refractivity contribution in [1.29, 1.82) is 0 Å². The number of thiazole rings is 1. The van der Waals surface area contributed by atoms with Crippen LogP contribution < -0.4 is 5.32 Å². The molecule has 0 spiro atoms. The maximum absolute atomic E-state index is 13.7. The fraction of sp³-hybridized carbons (Fsp3) is 0.429. The van der Waals surface area contributed by atoms with Crippen LogP contribution >= 0.6 is 11.3 Å². The summed E-state index contributed by atoms with van der Waals surface area (Å²) in [6, 6.07) is 5.28. The first-order valence-electron chi connectivity index (χ1n) is 7.34. The molecule has 2 aromatic rings. The first kappa shape index (κ1) is 24.9. The SMILES string of the molecule is O=C(Nc1nc2ccccc2s1)C(F)(F)C(F)(F)C(F)(F)C(F)(F)C(F)(F)C(F)(F)F. The smallest absolute Gasteiger partial charge is 0.296 e. The molecule has 1 aromatic heterocycles. The predicted octanol–water partition coefficient (Wildman–Crippen LogP) is 5.97. The van der Waals surface area contributed by atoms with Gasteiger partial charge in [0, 0.05) is 0 Å². The van der Waals surface area contributed by atoms with Gasteiger partial charge in [0.1, 0.15) is 0 Å². The second kappa shape index (κ2) is 7.09. The van der Waals surface area contributed by atoms with E-state index in [0.29, 0.717) is 11.3 Å². The Morgan fingerprint density at radius 2 is 1.23 bits per heavy atom. The normalized spacial score (nSPS) is 14.7. The van der Waals surface area contributed by atoms with Gasteiger partial charge in [0.2, 0.25) is 0 Å². The average Bonchev–Trinajstić information content (AvgIpc) is 3.02. The molecule has 0 radical (unpaired) electrons. The highest BCUT2D eigenvalue weighted by molar-refractivity contribution is 7.22. The number of carbonyl (C=O) groups excluding carboxylic acids is 1. The van der Waals surface area contributed by atoms with Gasteiger partial charge in [-0.05, 0) is 12.1 Å². The standard InChI is InChI=1S/C14H5F13N2OS/c15-9(16,7(30)29-8-28-5-3-1-2-4-6(5)31-8)10(17,18)11(19,20)12(21,22)13(23,24)14(25,26)27/h1-4H,(H,28,29,30). The van der Waals surface area contributed by atoms with E-state index in [4.69, 9.17) is 0 Å². The molecule has 0 fully saturated rings. The lowest BCUT2D eigenvalue weighted by molar-refractivity contribution is -0.435. The minimum atomic E-state index is -8.07. The number of nitrogens with one attached hydrogen (secondary N) is 1.